The molecule has 0 saturated heterocycles. The second kappa shape index (κ2) is 5.63. The summed E-state index contributed by atoms with van der Waals surface area (Å²) in [4.78, 5) is 12.0. The second-order valence-corrected chi connectivity index (χ2v) is 4.69. The lowest BCUT2D eigenvalue weighted by atomic mass is 10.1. The van der Waals surface area contributed by atoms with Gasteiger partial charge in [0.2, 0.25) is 5.78 Å². The van der Waals surface area contributed by atoms with Crippen LogP contribution in [-0.2, 0) is 11.3 Å². The SMILES string of the molecule is COCc1ccc(C(=O)c2c(F)cc(Br)cc2F)o1. The molecule has 0 spiro atoms. The van der Waals surface area contributed by atoms with Crippen LogP contribution in [0, 0.1) is 11.6 Å². The molecule has 100 valence electrons. The van der Waals surface area contributed by atoms with Gasteiger partial charge in [0.15, 0.2) is 5.76 Å². The van der Waals surface area contributed by atoms with Crippen LogP contribution in [0.2, 0.25) is 0 Å². The quantitative estimate of drug-likeness (QED) is 0.802. The zero-order valence-electron chi connectivity index (χ0n) is 9.88. The van der Waals surface area contributed by atoms with Gasteiger partial charge in [-0.25, -0.2) is 8.78 Å². The maximum atomic E-state index is 13.6. The van der Waals surface area contributed by atoms with Crippen molar-refractivity contribution < 1.29 is 22.7 Å². The molecule has 0 N–H and O–H groups in total. The number of ether oxygens (including phenoxy) is 1. The molecule has 0 radical (unpaired) electrons. The van der Waals surface area contributed by atoms with Crippen LogP contribution < -0.4 is 0 Å². The standard InChI is InChI=1S/C13H9BrF2O3/c1-18-6-8-2-3-11(19-8)13(17)12-9(15)4-7(14)5-10(12)16/h2-5H,6H2,1H3. The van der Waals surface area contributed by atoms with Crippen LogP contribution in [0.15, 0.2) is 33.2 Å². The fourth-order valence-corrected chi connectivity index (χ4v) is 2.00. The Bertz CT molecular complexity index is 599. The van der Waals surface area contributed by atoms with E-state index in [1.54, 1.807) is 0 Å². The Balaban J connectivity index is 2.38. The molecule has 1 aromatic heterocycles. The molecule has 2 aromatic rings. The highest BCUT2D eigenvalue weighted by atomic mass is 79.9. The summed E-state index contributed by atoms with van der Waals surface area (Å²) in [6.07, 6.45) is 0. The fourth-order valence-electron chi connectivity index (χ4n) is 1.60. The van der Waals surface area contributed by atoms with Crippen molar-refractivity contribution in [3.8, 4) is 0 Å². The van der Waals surface area contributed by atoms with Crippen LogP contribution in [0.3, 0.4) is 0 Å². The number of ketones is 1. The molecule has 3 nitrogen and oxygen atoms in total. The first-order valence-corrected chi connectivity index (χ1v) is 6.09. The lowest BCUT2D eigenvalue weighted by Gasteiger charge is -2.03. The molecule has 0 bridgehead atoms. The number of carbonyl (C=O) groups is 1. The van der Waals surface area contributed by atoms with Crippen molar-refractivity contribution in [2.24, 2.45) is 0 Å². The first-order valence-electron chi connectivity index (χ1n) is 5.30. The molecule has 0 aliphatic rings. The topological polar surface area (TPSA) is 39.4 Å². The summed E-state index contributed by atoms with van der Waals surface area (Å²) in [5.41, 5.74) is -0.637. The number of carbonyl (C=O) groups excluding carboxylic acids is 1. The molecule has 0 fully saturated rings. The van der Waals surface area contributed by atoms with Crippen LogP contribution in [0.1, 0.15) is 21.9 Å². The van der Waals surface area contributed by atoms with Crippen molar-refractivity contribution in [1.82, 2.24) is 0 Å². The Morgan fingerprint density at radius 2 is 1.95 bits per heavy atom. The lowest BCUT2D eigenvalue weighted by Crippen LogP contribution is -2.06. The number of halogens is 3. The first kappa shape index (κ1) is 13.9. The second-order valence-electron chi connectivity index (χ2n) is 3.77. The van der Waals surface area contributed by atoms with Crippen LogP contribution >= 0.6 is 15.9 Å². The van der Waals surface area contributed by atoms with Crippen LogP contribution in [0.4, 0.5) is 8.78 Å². The van der Waals surface area contributed by atoms with Crippen molar-refractivity contribution in [3.63, 3.8) is 0 Å². The Labute approximate surface area is 116 Å². The van der Waals surface area contributed by atoms with Gasteiger partial charge in [0.25, 0.3) is 0 Å². The Morgan fingerprint density at radius 1 is 1.32 bits per heavy atom. The molecule has 2 rings (SSSR count). The fraction of sp³-hybridized carbons (Fsp3) is 0.154. The molecule has 1 aromatic carbocycles. The van der Waals surface area contributed by atoms with E-state index >= 15 is 0 Å². The monoisotopic (exact) mass is 330 g/mol. The van der Waals surface area contributed by atoms with E-state index < -0.39 is 23.0 Å². The van der Waals surface area contributed by atoms with Gasteiger partial charge in [-0.05, 0) is 24.3 Å². The van der Waals surface area contributed by atoms with Gasteiger partial charge in [0, 0.05) is 11.6 Å². The third kappa shape index (κ3) is 2.90. The predicted molar refractivity (Wildman–Crippen MR) is 66.9 cm³/mol. The van der Waals surface area contributed by atoms with Gasteiger partial charge in [-0.2, -0.15) is 0 Å². The van der Waals surface area contributed by atoms with E-state index in [1.165, 1.54) is 19.2 Å². The third-order valence-corrected chi connectivity index (χ3v) is 2.86. The van der Waals surface area contributed by atoms with E-state index in [0.29, 0.717) is 5.76 Å². The van der Waals surface area contributed by atoms with Crippen LogP contribution in [-0.4, -0.2) is 12.9 Å². The Hall–Kier alpha value is -1.53. The summed E-state index contributed by atoms with van der Waals surface area (Å²) in [5, 5.41) is 0. The van der Waals surface area contributed by atoms with E-state index in [2.05, 4.69) is 15.9 Å². The third-order valence-electron chi connectivity index (χ3n) is 2.41. The van der Waals surface area contributed by atoms with Crippen molar-refractivity contribution in [2.75, 3.05) is 7.11 Å². The maximum Gasteiger partial charge on any atom is 0.234 e. The minimum Gasteiger partial charge on any atom is -0.455 e. The van der Waals surface area contributed by atoms with E-state index in [1.807, 2.05) is 0 Å². The minimum atomic E-state index is -0.943. The molecule has 0 aliphatic carbocycles. The van der Waals surface area contributed by atoms with Gasteiger partial charge in [-0.1, -0.05) is 15.9 Å². The van der Waals surface area contributed by atoms with Crippen molar-refractivity contribution in [3.05, 3.63) is 57.5 Å². The number of furan rings is 1. The van der Waals surface area contributed by atoms with E-state index in [9.17, 15) is 13.6 Å². The zero-order chi connectivity index (χ0) is 14.0. The molecule has 0 aliphatic heterocycles. The number of hydrogen-bond donors (Lipinski definition) is 0. The van der Waals surface area contributed by atoms with Gasteiger partial charge in [-0.15, -0.1) is 0 Å². The zero-order valence-corrected chi connectivity index (χ0v) is 11.5. The number of benzene rings is 1. The average Bonchev–Trinajstić information content (AvgIpc) is 2.76. The largest absolute Gasteiger partial charge is 0.455 e. The molecule has 0 saturated carbocycles. The van der Waals surface area contributed by atoms with Crippen molar-refractivity contribution in [1.29, 1.82) is 0 Å². The van der Waals surface area contributed by atoms with Crippen molar-refractivity contribution in [2.45, 2.75) is 6.61 Å². The molecule has 0 amide bonds. The van der Waals surface area contributed by atoms with Gasteiger partial charge in [0.1, 0.15) is 24.0 Å². The highest BCUT2D eigenvalue weighted by molar-refractivity contribution is 9.10. The average molecular weight is 331 g/mol. The molecule has 19 heavy (non-hydrogen) atoms. The summed E-state index contributed by atoms with van der Waals surface area (Å²) >= 11 is 2.95. The van der Waals surface area contributed by atoms with Gasteiger partial charge in [0.05, 0.1) is 5.56 Å². The molecule has 0 unspecified atom stereocenters. The highest BCUT2D eigenvalue weighted by Gasteiger charge is 2.22. The van der Waals surface area contributed by atoms with Gasteiger partial charge < -0.3 is 9.15 Å². The smallest absolute Gasteiger partial charge is 0.234 e. The number of rotatable bonds is 4. The van der Waals surface area contributed by atoms with Crippen LogP contribution in [0.25, 0.3) is 0 Å². The lowest BCUT2D eigenvalue weighted by molar-refractivity contribution is 0.0992. The Kier molecular flexibility index (Phi) is 4.11. The van der Waals surface area contributed by atoms with Crippen molar-refractivity contribution >= 4 is 21.7 Å². The molecule has 0 atom stereocenters. The summed E-state index contributed by atoms with van der Waals surface area (Å²) < 4.78 is 37.5. The summed E-state index contributed by atoms with van der Waals surface area (Å²) in [7, 11) is 1.47. The van der Waals surface area contributed by atoms with Crippen LogP contribution in [0.5, 0.6) is 0 Å². The van der Waals surface area contributed by atoms with E-state index in [4.69, 9.17) is 9.15 Å². The summed E-state index contributed by atoms with van der Waals surface area (Å²) in [5.74, 6) is -2.45. The number of hydrogen-bond acceptors (Lipinski definition) is 3. The molecule has 6 heteroatoms. The molecular formula is C13H9BrF2O3. The normalized spacial score (nSPS) is 10.7. The molecular weight excluding hydrogens is 322 g/mol. The molecule has 1 heterocycles. The predicted octanol–water partition coefficient (Wildman–Crippen LogP) is 3.70. The van der Waals surface area contributed by atoms with E-state index in [0.717, 1.165) is 12.1 Å². The summed E-state index contributed by atoms with van der Waals surface area (Å²) in [6.45, 7) is 0.179. The van der Waals surface area contributed by atoms with Gasteiger partial charge in [-0.3, -0.25) is 4.79 Å². The summed E-state index contributed by atoms with van der Waals surface area (Å²) in [6, 6.07) is 4.92. The van der Waals surface area contributed by atoms with Gasteiger partial charge >= 0.3 is 0 Å². The highest BCUT2D eigenvalue weighted by Crippen LogP contribution is 2.23. The number of methoxy groups -OCH3 is 1. The first-order chi connectivity index (χ1) is 9.02. The maximum absolute atomic E-state index is 13.6. The Morgan fingerprint density at radius 3 is 2.53 bits per heavy atom. The van der Waals surface area contributed by atoms with E-state index in [-0.39, 0.29) is 16.8 Å². The minimum absolute atomic E-state index is 0.132.